The highest BCUT2D eigenvalue weighted by Gasteiger charge is 2.31. The Balaban J connectivity index is 1.29. The summed E-state index contributed by atoms with van der Waals surface area (Å²) >= 11 is 1.65. The molecular weight excluding hydrogens is 502 g/mol. The number of carbonyl (C=O) groups excluding carboxylic acids is 1. The van der Waals surface area contributed by atoms with Gasteiger partial charge in [0.2, 0.25) is 5.91 Å². The summed E-state index contributed by atoms with van der Waals surface area (Å²) < 4.78 is 0. The summed E-state index contributed by atoms with van der Waals surface area (Å²) in [7, 11) is 0. The van der Waals surface area contributed by atoms with Crippen LogP contribution in [0.25, 0.3) is 11.1 Å². The molecule has 0 bridgehead atoms. The minimum absolute atomic E-state index is 0.0163. The van der Waals surface area contributed by atoms with Gasteiger partial charge in [-0.25, -0.2) is 0 Å². The van der Waals surface area contributed by atoms with Crippen LogP contribution < -0.4 is 15.5 Å². The molecule has 1 aliphatic heterocycles. The van der Waals surface area contributed by atoms with Crippen LogP contribution in [-0.4, -0.2) is 55.6 Å². The zero-order valence-corrected chi connectivity index (χ0v) is 23.8. The van der Waals surface area contributed by atoms with Crippen LogP contribution in [0.15, 0.2) is 65.4 Å². The van der Waals surface area contributed by atoms with E-state index in [-0.39, 0.29) is 24.5 Å². The topological polar surface area (TPSA) is 71.4 Å². The Morgan fingerprint density at radius 1 is 0.974 bits per heavy atom. The highest BCUT2D eigenvalue weighted by molar-refractivity contribution is 7.08. The predicted molar refractivity (Wildman–Crippen MR) is 160 cm³/mol. The van der Waals surface area contributed by atoms with Gasteiger partial charge in [0.15, 0.2) is 0 Å². The Hall–Kier alpha value is -3.18. The third-order valence-corrected chi connectivity index (χ3v) is 8.50. The fourth-order valence-corrected chi connectivity index (χ4v) is 6.20. The molecule has 1 saturated carbocycles. The summed E-state index contributed by atoms with van der Waals surface area (Å²) in [5.41, 5.74) is 5.94. The zero-order valence-electron chi connectivity index (χ0n) is 23.0. The zero-order chi connectivity index (χ0) is 27.2. The van der Waals surface area contributed by atoms with E-state index in [0.29, 0.717) is 12.3 Å². The fraction of sp³-hybridized carbons (Fsp3) is 0.438. The molecule has 39 heavy (non-hydrogen) atoms. The van der Waals surface area contributed by atoms with Gasteiger partial charge in [-0.05, 0) is 76.4 Å². The Morgan fingerprint density at radius 2 is 1.64 bits per heavy atom. The van der Waals surface area contributed by atoms with Gasteiger partial charge in [0.1, 0.15) is 6.54 Å². The summed E-state index contributed by atoms with van der Waals surface area (Å²) in [4.78, 5) is 18.0. The quantitative estimate of drug-likeness (QED) is 0.317. The number of rotatable bonds is 11. The first kappa shape index (κ1) is 27.4. The Bertz CT molecular complexity index is 1240. The molecular formula is C32H39N5OS. The highest BCUT2D eigenvalue weighted by Crippen LogP contribution is 2.31. The van der Waals surface area contributed by atoms with Gasteiger partial charge >= 0.3 is 0 Å². The summed E-state index contributed by atoms with van der Waals surface area (Å²) in [6.45, 7) is 8.79. The van der Waals surface area contributed by atoms with E-state index in [0.717, 1.165) is 30.3 Å². The first-order valence-corrected chi connectivity index (χ1v) is 15.1. The van der Waals surface area contributed by atoms with E-state index in [1.165, 1.54) is 42.7 Å². The first-order valence-electron chi connectivity index (χ1n) is 14.1. The predicted octanol–water partition coefficient (Wildman–Crippen LogP) is 5.43. The molecule has 2 fully saturated rings. The lowest BCUT2D eigenvalue weighted by Gasteiger charge is -2.36. The number of benzene rings is 2. The number of amides is 1. The number of nitriles is 1. The molecule has 1 aromatic heterocycles. The lowest BCUT2D eigenvalue weighted by atomic mass is 9.95. The average molecular weight is 542 g/mol. The van der Waals surface area contributed by atoms with E-state index < -0.39 is 0 Å². The van der Waals surface area contributed by atoms with Crippen LogP contribution in [0.1, 0.15) is 50.3 Å². The van der Waals surface area contributed by atoms with E-state index in [2.05, 4.69) is 99.6 Å². The maximum absolute atomic E-state index is 12.9. The summed E-state index contributed by atoms with van der Waals surface area (Å²) in [5.74, 6) is 0.210. The van der Waals surface area contributed by atoms with Gasteiger partial charge < -0.3 is 10.2 Å². The van der Waals surface area contributed by atoms with Crippen LogP contribution in [0.3, 0.4) is 0 Å². The van der Waals surface area contributed by atoms with Crippen LogP contribution >= 0.6 is 11.3 Å². The number of anilines is 1. The molecule has 2 atom stereocenters. The van der Waals surface area contributed by atoms with Gasteiger partial charge in [-0.15, -0.1) is 0 Å². The molecule has 2 aliphatic rings. The van der Waals surface area contributed by atoms with E-state index in [1.54, 1.807) is 11.3 Å². The second-order valence-corrected chi connectivity index (χ2v) is 11.9. The molecule has 1 amide bonds. The van der Waals surface area contributed by atoms with Gasteiger partial charge in [-0.2, -0.15) is 16.6 Å². The molecule has 0 radical (unpaired) electrons. The lowest BCUT2D eigenvalue weighted by Crippen LogP contribution is -2.47. The highest BCUT2D eigenvalue weighted by atomic mass is 32.1. The van der Waals surface area contributed by atoms with Crippen molar-refractivity contribution >= 4 is 22.9 Å². The SMILES string of the molecule is CC(C)C[C@H](NC(c1ccc(-c2ccc(N3CCN(C4CC4)CC3)cc2)cc1)c1ccsc1)C(=O)NCC#N. The van der Waals surface area contributed by atoms with Crippen LogP contribution in [0.5, 0.6) is 0 Å². The number of nitrogens with zero attached hydrogens (tertiary/aromatic N) is 3. The van der Waals surface area contributed by atoms with Crippen molar-refractivity contribution in [2.75, 3.05) is 37.6 Å². The van der Waals surface area contributed by atoms with Crippen molar-refractivity contribution in [3.05, 3.63) is 76.5 Å². The molecule has 3 aromatic rings. The molecule has 1 aliphatic carbocycles. The summed E-state index contributed by atoms with van der Waals surface area (Å²) in [5, 5.41) is 19.5. The molecule has 5 rings (SSSR count). The van der Waals surface area contributed by atoms with Crippen molar-refractivity contribution in [1.29, 1.82) is 5.26 Å². The van der Waals surface area contributed by atoms with Gasteiger partial charge in [0, 0.05) is 37.9 Å². The molecule has 2 aromatic carbocycles. The molecule has 7 heteroatoms. The standard InChI is InChI=1S/C32H39N5OS/c1-23(2)21-30(32(38)34-15-14-33)35-31(27-13-20-39-22-27)26-5-3-24(4-6-26)25-7-9-28(10-8-25)36-16-18-37(19-17-36)29-11-12-29/h3-10,13,20,22-23,29-31,35H,11-12,15-19,21H2,1-2H3,(H,34,38)/t30-,31?/m0/s1. The van der Waals surface area contributed by atoms with E-state index in [4.69, 9.17) is 5.26 Å². The third kappa shape index (κ3) is 7.07. The van der Waals surface area contributed by atoms with Gasteiger partial charge in [-0.3, -0.25) is 15.0 Å². The van der Waals surface area contributed by atoms with Crippen molar-refractivity contribution in [2.45, 2.75) is 51.2 Å². The van der Waals surface area contributed by atoms with Crippen molar-refractivity contribution in [3.8, 4) is 17.2 Å². The second kappa shape index (κ2) is 12.8. The normalized spacial score (nSPS) is 17.5. The number of hydrogen-bond donors (Lipinski definition) is 2. The van der Waals surface area contributed by atoms with Crippen LogP contribution in [0.2, 0.25) is 0 Å². The molecule has 2 N–H and O–H groups in total. The number of hydrogen-bond acceptors (Lipinski definition) is 6. The number of carbonyl (C=O) groups is 1. The monoisotopic (exact) mass is 541 g/mol. The average Bonchev–Trinajstić information content (AvgIpc) is 3.68. The maximum Gasteiger partial charge on any atom is 0.237 e. The Kier molecular flexibility index (Phi) is 8.98. The Morgan fingerprint density at radius 3 is 2.21 bits per heavy atom. The summed E-state index contributed by atoms with van der Waals surface area (Å²) in [6.07, 6.45) is 3.46. The molecule has 2 heterocycles. The first-order chi connectivity index (χ1) is 19.0. The number of piperazine rings is 1. The largest absolute Gasteiger partial charge is 0.369 e. The minimum Gasteiger partial charge on any atom is -0.369 e. The number of thiophene rings is 1. The van der Waals surface area contributed by atoms with Gasteiger partial charge in [0.05, 0.1) is 18.2 Å². The molecule has 1 unspecified atom stereocenters. The fourth-order valence-electron chi connectivity index (χ4n) is 5.52. The van der Waals surface area contributed by atoms with E-state index >= 15 is 0 Å². The van der Waals surface area contributed by atoms with Gasteiger partial charge in [-0.1, -0.05) is 50.2 Å². The van der Waals surface area contributed by atoms with Crippen molar-refractivity contribution in [3.63, 3.8) is 0 Å². The molecule has 6 nitrogen and oxygen atoms in total. The maximum atomic E-state index is 12.9. The van der Waals surface area contributed by atoms with E-state index in [1.807, 2.05) is 6.07 Å². The van der Waals surface area contributed by atoms with Crippen LogP contribution in [0, 0.1) is 17.2 Å². The molecule has 0 spiro atoms. The number of nitrogens with one attached hydrogen (secondary N) is 2. The minimum atomic E-state index is -0.387. The van der Waals surface area contributed by atoms with Gasteiger partial charge in [0.25, 0.3) is 0 Å². The van der Waals surface area contributed by atoms with Crippen LogP contribution in [0.4, 0.5) is 5.69 Å². The van der Waals surface area contributed by atoms with Crippen molar-refractivity contribution in [2.24, 2.45) is 5.92 Å². The lowest BCUT2D eigenvalue weighted by molar-refractivity contribution is -0.123. The smallest absolute Gasteiger partial charge is 0.237 e. The third-order valence-electron chi connectivity index (χ3n) is 7.80. The van der Waals surface area contributed by atoms with Crippen LogP contribution in [-0.2, 0) is 4.79 Å². The second-order valence-electron chi connectivity index (χ2n) is 11.1. The molecule has 204 valence electrons. The molecule has 1 saturated heterocycles. The van der Waals surface area contributed by atoms with Crippen molar-refractivity contribution < 1.29 is 4.79 Å². The Labute approximate surface area is 236 Å². The summed E-state index contributed by atoms with van der Waals surface area (Å²) in [6, 6.07) is 22.1. The van der Waals surface area contributed by atoms with Crippen molar-refractivity contribution in [1.82, 2.24) is 15.5 Å². The van der Waals surface area contributed by atoms with E-state index in [9.17, 15) is 4.79 Å².